The Bertz CT molecular complexity index is 820. The molecule has 31 heavy (non-hydrogen) atoms. The molecule has 4 saturated carbocycles. The van der Waals surface area contributed by atoms with Gasteiger partial charge < -0.3 is 5.73 Å². The van der Waals surface area contributed by atoms with Gasteiger partial charge in [0.1, 0.15) is 0 Å². The van der Waals surface area contributed by atoms with Crippen LogP contribution in [0.3, 0.4) is 0 Å². The van der Waals surface area contributed by atoms with Gasteiger partial charge >= 0.3 is 0 Å². The van der Waals surface area contributed by atoms with Gasteiger partial charge in [-0.05, 0) is 123 Å². The van der Waals surface area contributed by atoms with E-state index in [-0.39, 0.29) is 5.54 Å². The van der Waals surface area contributed by atoms with E-state index in [9.17, 15) is 0 Å². The van der Waals surface area contributed by atoms with Crippen LogP contribution < -0.4 is 5.73 Å². The maximum absolute atomic E-state index is 7.20. The van der Waals surface area contributed by atoms with Crippen LogP contribution in [0.5, 0.6) is 0 Å². The molecule has 174 valence electrons. The summed E-state index contributed by atoms with van der Waals surface area (Å²) in [6, 6.07) is 0. The minimum atomic E-state index is 0.0742. The van der Waals surface area contributed by atoms with E-state index < -0.39 is 0 Å². The van der Waals surface area contributed by atoms with E-state index in [0.717, 1.165) is 17.8 Å². The molecule has 1 heteroatoms. The SMILES string of the molecule is C=C(C)[C@@H]1CC[C@]2(N)CC[C@]3(C)[C@H](CC[C@@H]4[C@@]5(C)CC=C(C)C(C)(C)[C@@H]5CC[C@]43C)[C@@H]12. The summed E-state index contributed by atoms with van der Waals surface area (Å²) in [5.41, 5.74) is 12.0. The van der Waals surface area contributed by atoms with Gasteiger partial charge in [0.25, 0.3) is 0 Å². The van der Waals surface area contributed by atoms with Crippen molar-refractivity contribution in [2.75, 3.05) is 0 Å². The molecule has 2 N–H and O–H groups in total. The van der Waals surface area contributed by atoms with Crippen LogP contribution in [0, 0.1) is 51.2 Å². The van der Waals surface area contributed by atoms with Gasteiger partial charge in [0.15, 0.2) is 0 Å². The second-order valence-corrected chi connectivity index (χ2v) is 14.2. The van der Waals surface area contributed by atoms with E-state index >= 15 is 0 Å². The van der Waals surface area contributed by atoms with Crippen LogP contribution in [-0.4, -0.2) is 5.54 Å². The van der Waals surface area contributed by atoms with Crippen molar-refractivity contribution < 1.29 is 0 Å². The first-order valence-electron chi connectivity index (χ1n) is 13.4. The number of hydrogen-bond donors (Lipinski definition) is 1. The number of nitrogens with two attached hydrogens (primary N) is 1. The second-order valence-electron chi connectivity index (χ2n) is 14.2. The molecule has 0 saturated heterocycles. The monoisotopic (exact) mass is 423 g/mol. The Balaban J connectivity index is 1.56. The van der Waals surface area contributed by atoms with Gasteiger partial charge in [-0.3, -0.25) is 0 Å². The maximum Gasteiger partial charge on any atom is 0.0191 e. The van der Waals surface area contributed by atoms with Gasteiger partial charge in [0.05, 0.1) is 0 Å². The lowest BCUT2D eigenvalue weighted by Gasteiger charge is -2.72. The molecule has 0 unspecified atom stereocenters. The first kappa shape index (κ1) is 22.2. The molecular formula is C30H49N. The van der Waals surface area contributed by atoms with Crippen LogP contribution in [0.25, 0.3) is 0 Å². The third-order valence-electron chi connectivity index (χ3n) is 13.1. The molecule has 0 aromatic heterocycles. The Labute approximate surface area is 192 Å². The van der Waals surface area contributed by atoms with Crippen molar-refractivity contribution in [3.63, 3.8) is 0 Å². The summed E-state index contributed by atoms with van der Waals surface area (Å²) in [7, 11) is 0. The fourth-order valence-electron chi connectivity index (χ4n) is 11.0. The molecule has 0 bridgehead atoms. The molecule has 0 amide bonds. The van der Waals surface area contributed by atoms with Crippen molar-refractivity contribution in [1.29, 1.82) is 0 Å². The van der Waals surface area contributed by atoms with Gasteiger partial charge in [-0.25, -0.2) is 0 Å². The van der Waals surface area contributed by atoms with Crippen LogP contribution >= 0.6 is 0 Å². The first-order chi connectivity index (χ1) is 14.3. The highest BCUT2D eigenvalue weighted by molar-refractivity contribution is 5.26. The first-order valence-corrected chi connectivity index (χ1v) is 13.4. The molecule has 5 aliphatic rings. The molecule has 5 rings (SSSR count). The summed E-state index contributed by atoms with van der Waals surface area (Å²) >= 11 is 0. The largest absolute Gasteiger partial charge is 0.325 e. The Kier molecular flexibility index (Phi) is 4.68. The minimum Gasteiger partial charge on any atom is -0.325 e. The summed E-state index contributed by atoms with van der Waals surface area (Å²) in [5.74, 6) is 3.78. The zero-order chi connectivity index (χ0) is 22.6. The third-order valence-corrected chi connectivity index (χ3v) is 13.1. The van der Waals surface area contributed by atoms with E-state index in [1.807, 2.05) is 0 Å². The molecule has 0 aromatic rings. The standard InChI is InChI=1S/C30H49N/c1-19(2)21-12-16-30(31)18-17-28(7)22(25(21)30)9-10-24-27(6)14-11-20(3)26(4,5)23(27)13-15-29(24,28)8/h11,21-25H,1,9-10,12-18,31H2,2-8H3/t21-,22+,23-,24+,25+,27-,28+,29+,30-/m0/s1. The maximum atomic E-state index is 7.20. The highest BCUT2D eigenvalue weighted by Gasteiger charge is 2.69. The normalized spacial score (nSPS) is 55.4. The Morgan fingerprint density at radius 1 is 0.903 bits per heavy atom. The topological polar surface area (TPSA) is 26.0 Å². The lowest BCUT2D eigenvalue weighted by molar-refractivity contribution is -0.219. The minimum absolute atomic E-state index is 0.0742. The van der Waals surface area contributed by atoms with Crippen LogP contribution in [0.1, 0.15) is 106 Å². The lowest BCUT2D eigenvalue weighted by atomic mass is 9.33. The van der Waals surface area contributed by atoms with E-state index in [0.29, 0.717) is 33.5 Å². The van der Waals surface area contributed by atoms with Gasteiger partial charge in [-0.15, -0.1) is 0 Å². The third kappa shape index (κ3) is 2.59. The van der Waals surface area contributed by atoms with Crippen molar-refractivity contribution in [3.8, 4) is 0 Å². The molecule has 0 aromatic carbocycles. The predicted octanol–water partition coefficient (Wildman–Crippen LogP) is 7.91. The average Bonchev–Trinajstić information content (AvgIpc) is 3.04. The number of hydrogen-bond acceptors (Lipinski definition) is 1. The smallest absolute Gasteiger partial charge is 0.0191 e. The van der Waals surface area contributed by atoms with Crippen molar-refractivity contribution in [2.24, 2.45) is 57.0 Å². The summed E-state index contributed by atoms with van der Waals surface area (Å²) in [6.45, 7) is 22.3. The lowest BCUT2D eigenvalue weighted by Crippen LogP contribution is -2.67. The van der Waals surface area contributed by atoms with Gasteiger partial charge in [0.2, 0.25) is 0 Å². The number of rotatable bonds is 1. The Morgan fingerprint density at radius 2 is 1.61 bits per heavy atom. The van der Waals surface area contributed by atoms with E-state index in [1.54, 1.807) is 5.57 Å². The second kappa shape index (κ2) is 6.52. The van der Waals surface area contributed by atoms with Crippen LogP contribution in [0.2, 0.25) is 0 Å². The summed E-state index contributed by atoms with van der Waals surface area (Å²) in [4.78, 5) is 0. The van der Waals surface area contributed by atoms with Gasteiger partial charge in [-0.2, -0.15) is 0 Å². The Morgan fingerprint density at radius 3 is 2.29 bits per heavy atom. The van der Waals surface area contributed by atoms with E-state index in [4.69, 9.17) is 5.73 Å². The molecule has 0 heterocycles. The average molecular weight is 424 g/mol. The van der Waals surface area contributed by atoms with Crippen LogP contribution in [-0.2, 0) is 0 Å². The van der Waals surface area contributed by atoms with E-state index in [1.165, 1.54) is 63.4 Å². The summed E-state index contributed by atoms with van der Waals surface area (Å²) < 4.78 is 0. The van der Waals surface area contributed by atoms with Crippen molar-refractivity contribution in [2.45, 2.75) is 112 Å². The molecule has 1 nitrogen and oxygen atoms in total. The van der Waals surface area contributed by atoms with E-state index in [2.05, 4.69) is 61.1 Å². The predicted molar refractivity (Wildman–Crippen MR) is 133 cm³/mol. The van der Waals surface area contributed by atoms with Crippen LogP contribution in [0.4, 0.5) is 0 Å². The molecule has 5 aliphatic carbocycles. The molecule has 4 fully saturated rings. The number of fused-ring (bicyclic) bond motifs is 7. The van der Waals surface area contributed by atoms with Gasteiger partial charge in [0, 0.05) is 5.54 Å². The highest BCUT2D eigenvalue weighted by atomic mass is 14.8. The molecule has 9 atom stereocenters. The van der Waals surface area contributed by atoms with Crippen molar-refractivity contribution >= 4 is 0 Å². The fourth-order valence-corrected chi connectivity index (χ4v) is 11.0. The zero-order valence-electron chi connectivity index (χ0n) is 21.6. The molecule has 0 radical (unpaired) electrons. The van der Waals surface area contributed by atoms with Crippen molar-refractivity contribution in [1.82, 2.24) is 0 Å². The summed E-state index contributed by atoms with van der Waals surface area (Å²) in [5, 5.41) is 0. The van der Waals surface area contributed by atoms with Crippen molar-refractivity contribution in [3.05, 3.63) is 23.8 Å². The number of allylic oxidation sites excluding steroid dienone is 3. The quantitative estimate of drug-likeness (QED) is 0.426. The highest BCUT2D eigenvalue weighted by Crippen LogP contribution is 2.76. The van der Waals surface area contributed by atoms with Crippen LogP contribution in [0.15, 0.2) is 23.8 Å². The summed E-state index contributed by atoms with van der Waals surface area (Å²) in [6.07, 6.45) is 14.7. The zero-order valence-corrected chi connectivity index (χ0v) is 21.6. The molecular weight excluding hydrogens is 374 g/mol. The fraction of sp³-hybridized carbons (Fsp3) is 0.867. The van der Waals surface area contributed by atoms with Gasteiger partial charge in [-0.1, -0.05) is 58.4 Å². The Hall–Kier alpha value is -0.560. The molecule has 0 spiro atoms. The molecule has 0 aliphatic heterocycles.